The minimum atomic E-state index is -0.703. The maximum Gasteiger partial charge on any atom is 0.319 e. The third kappa shape index (κ3) is 4.14. The van der Waals surface area contributed by atoms with Gasteiger partial charge in [0.25, 0.3) is 11.8 Å². The zero-order valence-electron chi connectivity index (χ0n) is 17.5. The molecule has 162 valence electrons. The van der Waals surface area contributed by atoms with Gasteiger partial charge in [0.15, 0.2) is 0 Å². The van der Waals surface area contributed by atoms with Crippen LogP contribution < -0.4 is 21.4 Å². The third-order valence-corrected chi connectivity index (χ3v) is 6.94. The summed E-state index contributed by atoms with van der Waals surface area (Å²) < 4.78 is 0. The molecule has 0 saturated heterocycles. The average molecular weight is 415 g/mol. The summed E-state index contributed by atoms with van der Waals surface area (Å²) in [4.78, 5) is 35.8. The van der Waals surface area contributed by atoms with Crippen molar-refractivity contribution in [1.82, 2.24) is 16.1 Å². The van der Waals surface area contributed by atoms with E-state index in [0.29, 0.717) is 28.0 Å². The van der Waals surface area contributed by atoms with E-state index in [0.717, 1.165) is 19.3 Å². The van der Waals surface area contributed by atoms with Gasteiger partial charge in [0.2, 0.25) is 0 Å². The summed E-state index contributed by atoms with van der Waals surface area (Å²) in [6.45, 7) is 4.43. The summed E-state index contributed by atoms with van der Waals surface area (Å²) in [6.07, 6.45) is 6.95. The molecule has 8 nitrogen and oxygen atoms in total. The van der Waals surface area contributed by atoms with E-state index in [9.17, 15) is 14.4 Å². The van der Waals surface area contributed by atoms with E-state index >= 15 is 0 Å². The van der Waals surface area contributed by atoms with Gasteiger partial charge in [0, 0.05) is 16.8 Å². The van der Waals surface area contributed by atoms with Crippen molar-refractivity contribution < 1.29 is 19.6 Å². The molecule has 5 N–H and O–H groups in total. The fourth-order valence-corrected chi connectivity index (χ4v) is 7.00. The summed E-state index contributed by atoms with van der Waals surface area (Å²) in [5, 5.41) is 17.0. The molecule has 4 amide bonds. The Labute approximate surface area is 176 Å². The lowest BCUT2D eigenvalue weighted by atomic mass is 9.43. The summed E-state index contributed by atoms with van der Waals surface area (Å²) in [6, 6.07) is 6.26. The van der Waals surface area contributed by atoms with Crippen molar-refractivity contribution >= 4 is 23.5 Å². The van der Waals surface area contributed by atoms with Crippen molar-refractivity contribution in [3.8, 4) is 0 Å². The monoisotopic (exact) mass is 414 g/mol. The Bertz CT molecular complexity index is 850. The molecular formula is C22H30N4O4. The molecular weight excluding hydrogens is 384 g/mol. The highest BCUT2D eigenvalue weighted by atomic mass is 16.5. The van der Waals surface area contributed by atoms with Gasteiger partial charge in [-0.05, 0) is 79.5 Å². The van der Waals surface area contributed by atoms with Gasteiger partial charge in [0.1, 0.15) is 0 Å². The largest absolute Gasteiger partial charge is 0.343 e. The zero-order valence-corrected chi connectivity index (χ0v) is 17.5. The van der Waals surface area contributed by atoms with Crippen molar-refractivity contribution in [3.63, 3.8) is 0 Å². The van der Waals surface area contributed by atoms with Gasteiger partial charge in [0.05, 0.1) is 6.54 Å². The number of nitrogens with one attached hydrogen (secondary N) is 4. The Balaban J connectivity index is 1.36. The molecule has 0 radical (unpaired) electrons. The predicted octanol–water partition coefficient (Wildman–Crippen LogP) is 2.79. The second-order valence-corrected chi connectivity index (χ2v) is 10.3. The minimum Gasteiger partial charge on any atom is -0.343 e. The lowest BCUT2D eigenvalue weighted by Crippen LogP contribution is -2.65. The first-order valence-corrected chi connectivity index (χ1v) is 10.5. The van der Waals surface area contributed by atoms with Crippen molar-refractivity contribution in [2.45, 2.75) is 57.9 Å². The smallest absolute Gasteiger partial charge is 0.319 e. The lowest BCUT2D eigenvalue weighted by Gasteiger charge is -2.65. The highest BCUT2D eigenvalue weighted by Gasteiger charge is 2.60. The third-order valence-electron chi connectivity index (χ3n) is 6.94. The van der Waals surface area contributed by atoms with Gasteiger partial charge in [-0.25, -0.2) is 10.3 Å². The summed E-state index contributed by atoms with van der Waals surface area (Å²) in [7, 11) is 0. The Morgan fingerprint density at radius 3 is 2.20 bits per heavy atom. The van der Waals surface area contributed by atoms with Crippen molar-refractivity contribution in [2.75, 3.05) is 11.9 Å². The van der Waals surface area contributed by atoms with E-state index in [4.69, 9.17) is 5.21 Å². The maximum atomic E-state index is 12.8. The first-order valence-electron chi connectivity index (χ1n) is 10.5. The molecule has 8 heteroatoms. The number of hydrogen-bond donors (Lipinski definition) is 5. The molecule has 0 aliphatic heterocycles. The number of carbonyl (C=O) groups is 3. The molecule has 30 heavy (non-hydrogen) atoms. The molecule has 4 aliphatic carbocycles. The van der Waals surface area contributed by atoms with Gasteiger partial charge in [-0.15, -0.1) is 0 Å². The molecule has 4 saturated carbocycles. The quantitative estimate of drug-likeness (QED) is 0.376. The van der Waals surface area contributed by atoms with E-state index in [1.54, 1.807) is 24.3 Å². The Morgan fingerprint density at radius 2 is 1.63 bits per heavy atom. The number of urea groups is 1. The molecule has 0 aromatic heterocycles. The fourth-order valence-electron chi connectivity index (χ4n) is 7.00. The fraction of sp³-hybridized carbons (Fsp3) is 0.591. The first kappa shape index (κ1) is 20.7. The molecule has 0 heterocycles. The van der Waals surface area contributed by atoms with Crippen LogP contribution in [0.3, 0.4) is 0 Å². The highest BCUT2D eigenvalue weighted by Crippen LogP contribution is 2.66. The van der Waals surface area contributed by atoms with Crippen LogP contribution in [0.1, 0.15) is 62.7 Å². The molecule has 0 spiro atoms. The molecule has 4 bridgehead atoms. The number of amides is 4. The van der Waals surface area contributed by atoms with Gasteiger partial charge >= 0.3 is 6.03 Å². The van der Waals surface area contributed by atoms with Crippen LogP contribution in [0.5, 0.6) is 0 Å². The standard InChI is InChI=1S/C22H30N4O4/c1-20-7-14-8-21(2,11-20)13-22(9-14,12-20)25-19(29)24-16-5-3-15(4-6-16)18(28)23-10-17(27)26-30/h3-6,14,30H,7-13H2,1-2H3,(H,23,28)(H,26,27)(H2,24,25,29). The van der Waals surface area contributed by atoms with Gasteiger partial charge in [-0.2, -0.15) is 0 Å². The van der Waals surface area contributed by atoms with Crippen molar-refractivity contribution in [3.05, 3.63) is 29.8 Å². The second kappa shape index (κ2) is 7.27. The van der Waals surface area contributed by atoms with Crippen LogP contribution in [0.2, 0.25) is 0 Å². The minimum absolute atomic E-state index is 0.125. The van der Waals surface area contributed by atoms with Crippen LogP contribution in [0, 0.1) is 16.7 Å². The number of rotatable bonds is 5. The zero-order chi connectivity index (χ0) is 21.6. The predicted molar refractivity (Wildman–Crippen MR) is 111 cm³/mol. The molecule has 2 atom stereocenters. The van der Waals surface area contributed by atoms with E-state index < -0.39 is 11.8 Å². The molecule has 4 aliphatic rings. The normalized spacial score (nSPS) is 33.6. The van der Waals surface area contributed by atoms with E-state index in [2.05, 4.69) is 29.8 Å². The van der Waals surface area contributed by atoms with Gasteiger partial charge in [-0.3, -0.25) is 14.8 Å². The maximum absolute atomic E-state index is 12.8. The van der Waals surface area contributed by atoms with Crippen LogP contribution in [-0.2, 0) is 4.79 Å². The van der Waals surface area contributed by atoms with Crippen molar-refractivity contribution in [2.24, 2.45) is 16.7 Å². The number of hydrogen-bond acceptors (Lipinski definition) is 4. The Kier molecular flexibility index (Phi) is 5.00. The number of benzene rings is 1. The molecule has 5 rings (SSSR count). The molecule has 1 aromatic rings. The van der Waals surface area contributed by atoms with Gasteiger partial charge < -0.3 is 16.0 Å². The summed E-state index contributed by atoms with van der Waals surface area (Å²) >= 11 is 0. The molecule has 2 unspecified atom stereocenters. The summed E-state index contributed by atoms with van der Waals surface area (Å²) in [5.41, 5.74) is 2.93. The average Bonchev–Trinajstić information content (AvgIpc) is 2.62. The van der Waals surface area contributed by atoms with Crippen LogP contribution in [0.15, 0.2) is 24.3 Å². The Hall–Kier alpha value is -2.61. The number of hydroxylamine groups is 1. The topological polar surface area (TPSA) is 120 Å². The first-order chi connectivity index (χ1) is 14.1. The van der Waals surface area contributed by atoms with Crippen LogP contribution >= 0.6 is 0 Å². The lowest BCUT2D eigenvalue weighted by molar-refractivity contribution is -0.128. The molecule has 4 fully saturated rings. The van der Waals surface area contributed by atoms with E-state index in [-0.39, 0.29) is 18.1 Å². The molecule has 1 aromatic carbocycles. The number of anilines is 1. The Morgan fingerprint density at radius 1 is 1.00 bits per heavy atom. The highest BCUT2D eigenvalue weighted by molar-refractivity contribution is 5.97. The van der Waals surface area contributed by atoms with Crippen molar-refractivity contribution in [1.29, 1.82) is 0 Å². The second-order valence-electron chi connectivity index (χ2n) is 10.3. The van der Waals surface area contributed by atoms with Crippen LogP contribution in [-0.4, -0.2) is 35.1 Å². The van der Waals surface area contributed by atoms with E-state index in [1.165, 1.54) is 24.7 Å². The SMILES string of the molecule is CC12CC3CC(C)(C1)CC(NC(=O)Nc1ccc(C(=O)NCC(=O)NO)cc1)(C3)C2. The van der Waals surface area contributed by atoms with Crippen LogP contribution in [0.25, 0.3) is 0 Å². The van der Waals surface area contributed by atoms with E-state index in [1.807, 2.05) is 0 Å². The van der Waals surface area contributed by atoms with Gasteiger partial charge in [-0.1, -0.05) is 13.8 Å². The summed E-state index contributed by atoms with van der Waals surface area (Å²) in [5.74, 6) is -0.447. The number of carbonyl (C=O) groups excluding carboxylic acids is 3. The van der Waals surface area contributed by atoms with Crippen LogP contribution in [0.4, 0.5) is 10.5 Å².